The molecule has 2 saturated carbocycles. The standard InChI is InChI=1S/C22H30O3/c1-22-10-9-18-17-6-5-16(25-2)13-15(17)12-14(4-3-11-23)21(18)19(22)7-8-20(22)24/h5-6,13-14,18-19,21,23H,3-4,7-12H2,1-2H3/t14-,18-,19+,21-,22+/m1/s1. The third kappa shape index (κ3) is 2.63. The quantitative estimate of drug-likeness (QED) is 0.895. The second-order valence-electron chi connectivity index (χ2n) is 8.60. The highest BCUT2D eigenvalue weighted by atomic mass is 16.5. The molecule has 0 aromatic heterocycles. The molecule has 25 heavy (non-hydrogen) atoms. The van der Waals surface area contributed by atoms with Crippen LogP contribution in [0.1, 0.15) is 62.5 Å². The van der Waals surface area contributed by atoms with Crippen molar-refractivity contribution in [1.82, 2.24) is 0 Å². The Morgan fingerprint density at radius 3 is 2.92 bits per heavy atom. The van der Waals surface area contributed by atoms with E-state index in [0.717, 1.165) is 50.7 Å². The second kappa shape index (κ2) is 6.42. The van der Waals surface area contributed by atoms with E-state index in [2.05, 4.69) is 25.1 Å². The summed E-state index contributed by atoms with van der Waals surface area (Å²) in [6.07, 6.45) is 6.99. The zero-order valence-electron chi connectivity index (χ0n) is 15.5. The van der Waals surface area contributed by atoms with Crippen LogP contribution in [0.4, 0.5) is 0 Å². The van der Waals surface area contributed by atoms with Gasteiger partial charge in [0.2, 0.25) is 0 Å². The van der Waals surface area contributed by atoms with E-state index < -0.39 is 0 Å². The number of rotatable bonds is 4. The number of carbonyl (C=O) groups is 1. The van der Waals surface area contributed by atoms with Crippen molar-refractivity contribution in [2.75, 3.05) is 13.7 Å². The number of aliphatic hydroxyl groups is 1. The van der Waals surface area contributed by atoms with E-state index in [1.165, 1.54) is 11.1 Å². The molecule has 4 rings (SSSR count). The Hall–Kier alpha value is -1.35. The largest absolute Gasteiger partial charge is 0.497 e. The molecule has 3 nitrogen and oxygen atoms in total. The summed E-state index contributed by atoms with van der Waals surface area (Å²) in [5.74, 6) is 3.71. The molecule has 136 valence electrons. The molecule has 0 heterocycles. The fourth-order valence-electron chi connectivity index (χ4n) is 6.30. The van der Waals surface area contributed by atoms with E-state index in [-0.39, 0.29) is 12.0 Å². The first kappa shape index (κ1) is 17.1. The zero-order valence-corrected chi connectivity index (χ0v) is 15.5. The predicted molar refractivity (Wildman–Crippen MR) is 97.8 cm³/mol. The average Bonchev–Trinajstić information content (AvgIpc) is 2.94. The minimum atomic E-state index is -0.0946. The average molecular weight is 342 g/mol. The fraction of sp³-hybridized carbons (Fsp3) is 0.682. The van der Waals surface area contributed by atoms with Crippen LogP contribution < -0.4 is 4.74 Å². The minimum absolute atomic E-state index is 0.0946. The summed E-state index contributed by atoms with van der Waals surface area (Å²) >= 11 is 0. The molecular weight excluding hydrogens is 312 g/mol. The molecule has 0 unspecified atom stereocenters. The van der Waals surface area contributed by atoms with Gasteiger partial charge in [0.05, 0.1) is 7.11 Å². The van der Waals surface area contributed by atoms with Crippen molar-refractivity contribution in [2.45, 2.75) is 57.8 Å². The summed E-state index contributed by atoms with van der Waals surface area (Å²) in [5, 5.41) is 9.38. The lowest BCUT2D eigenvalue weighted by molar-refractivity contribution is -0.130. The first-order valence-electron chi connectivity index (χ1n) is 9.89. The maximum Gasteiger partial charge on any atom is 0.139 e. The Kier molecular flexibility index (Phi) is 4.39. The van der Waals surface area contributed by atoms with Gasteiger partial charge in [0.15, 0.2) is 0 Å². The lowest BCUT2D eigenvalue weighted by Gasteiger charge is -2.51. The molecule has 0 radical (unpaired) electrons. The Morgan fingerprint density at radius 1 is 1.32 bits per heavy atom. The number of methoxy groups -OCH3 is 1. The van der Waals surface area contributed by atoms with Gasteiger partial charge in [-0.1, -0.05) is 13.0 Å². The Labute approximate surface area is 150 Å². The van der Waals surface area contributed by atoms with Gasteiger partial charge in [-0.3, -0.25) is 4.79 Å². The topological polar surface area (TPSA) is 46.5 Å². The van der Waals surface area contributed by atoms with Crippen molar-refractivity contribution >= 4 is 5.78 Å². The summed E-state index contributed by atoms with van der Waals surface area (Å²) < 4.78 is 5.45. The van der Waals surface area contributed by atoms with Gasteiger partial charge >= 0.3 is 0 Å². The molecule has 3 aliphatic rings. The van der Waals surface area contributed by atoms with Crippen LogP contribution in [-0.2, 0) is 11.2 Å². The van der Waals surface area contributed by atoms with Gasteiger partial charge in [-0.15, -0.1) is 0 Å². The van der Waals surface area contributed by atoms with Crippen LogP contribution in [0.5, 0.6) is 5.75 Å². The Balaban J connectivity index is 1.73. The van der Waals surface area contributed by atoms with Gasteiger partial charge in [0.1, 0.15) is 11.5 Å². The van der Waals surface area contributed by atoms with Crippen molar-refractivity contribution in [3.63, 3.8) is 0 Å². The number of carbonyl (C=O) groups excluding carboxylic acids is 1. The van der Waals surface area contributed by atoms with Gasteiger partial charge in [0, 0.05) is 18.4 Å². The number of hydrogen-bond donors (Lipinski definition) is 1. The monoisotopic (exact) mass is 342 g/mol. The number of ether oxygens (including phenoxy) is 1. The summed E-state index contributed by atoms with van der Waals surface area (Å²) in [6.45, 7) is 2.50. The van der Waals surface area contributed by atoms with E-state index in [1.807, 2.05) is 0 Å². The van der Waals surface area contributed by atoms with Gasteiger partial charge < -0.3 is 9.84 Å². The number of hydrogen-bond acceptors (Lipinski definition) is 3. The molecular formula is C22H30O3. The second-order valence-corrected chi connectivity index (χ2v) is 8.60. The first-order chi connectivity index (χ1) is 12.1. The van der Waals surface area contributed by atoms with E-state index in [0.29, 0.717) is 29.5 Å². The van der Waals surface area contributed by atoms with Crippen molar-refractivity contribution in [1.29, 1.82) is 0 Å². The van der Waals surface area contributed by atoms with Gasteiger partial charge in [-0.05, 0) is 85.5 Å². The highest BCUT2D eigenvalue weighted by molar-refractivity contribution is 5.87. The Bertz CT molecular complexity index is 667. The van der Waals surface area contributed by atoms with Gasteiger partial charge in [-0.25, -0.2) is 0 Å². The number of benzene rings is 1. The SMILES string of the molecule is COc1ccc2c(c1)C[C@@H](CCCO)[C@@H]1[C@@H]2CC[C@]2(C)C(=O)CC[C@@H]12. The molecule has 0 bridgehead atoms. The van der Waals surface area contributed by atoms with E-state index in [4.69, 9.17) is 4.74 Å². The highest BCUT2D eigenvalue weighted by Crippen LogP contribution is 2.61. The first-order valence-corrected chi connectivity index (χ1v) is 9.89. The minimum Gasteiger partial charge on any atom is -0.497 e. The van der Waals surface area contributed by atoms with Gasteiger partial charge in [0.25, 0.3) is 0 Å². The van der Waals surface area contributed by atoms with E-state index in [9.17, 15) is 9.90 Å². The van der Waals surface area contributed by atoms with Crippen LogP contribution in [0.2, 0.25) is 0 Å². The Morgan fingerprint density at radius 2 is 2.16 bits per heavy atom. The molecule has 3 heteroatoms. The third-order valence-corrected chi connectivity index (χ3v) is 7.55. The maximum atomic E-state index is 12.6. The van der Waals surface area contributed by atoms with Crippen LogP contribution in [-0.4, -0.2) is 24.6 Å². The molecule has 2 fully saturated rings. The van der Waals surface area contributed by atoms with Crippen LogP contribution in [0, 0.1) is 23.2 Å². The highest BCUT2D eigenvalue weighted by Gasteiger charge is 2.56. The number of fused-ring (bicyclic) bond motifs is 5. The molecule has 0 amide bonds. The predicted octanol–water partition coefficient (Wildman–Crippen LogP) is 4.12. The van der Waals surface area contributed by atoms with Crippen LogP contribution in [0.25, 0.3) is 0 Å². The summed E-state index contributed by atoms with van der Waals surface area (Å²) in [7, 11) is 1.73. The lowest BCUT2D eigenvalue weighted by Crippen LogP contribution is -2.46. The number of ketones is 1. The molecule has 1 aromatic rings. The number of Topliss-reactive ketones (excluding diaryl/α,β-unsaturated/α-hetero) is 1. The van der Waals surface area contributed by atoms with Gasteiger partial charge in [-0.2, -0.15) is 0 Å². The van der Waals surface area contributed by atoms with Crippen molar-refractivity contribution in [3.8, 4) is 5.75 Å². The molecule has 0 saturated heterocycles. The fourth-order valence-corrected chi connectivity index (χ4v) is 6.30. The summed E-state index contributed by atoms with van der Waals surface area (Å²) in [4.78, 5) is 12.6. The summed E-state index contributed by atoms with van der Waals surface area (Å²) in [5.41, 5.74) is 2.83. The lowest BCUT2D eigenvalue weighted by atomic mass is 9.52. The molecule has 1 aromatic carbocycles. The molecule has 1 N–H and O–H groups in total. The van der Waals surface area contributed by atoms with Crippen LogP contribution >= 0.6 is 0 Å². The third-order valence-electron chi connectivity index (χ3n) is 7.55. The smallest absolute Gasteiger partial charge is 0.139 e. The maximum absolute atomic E-state index is 12.6. The molecule has 0 aliphatic heterocycles. The number of aliphatic hydroxyl groups excluding tert-OH is 1. The van der Waals surface area contributed by atoms with Crippen LogP contribution in [0.15, 0.2) is 18.2 Å². The van der Waals surface area contributed by atoms with Crippen molar-refractivity contribution < 1.29 is 14.6 Å². The molecule has 5 atom stereocenters. The zero-order chi connectivity index (χ0) is 17.6. The van der Waals surface area contributed by atoms with Crippen molar-refractivity contribution in [3.05, 3.63) is 29.3 Å². The molecule has 3 aliphatic carbocycles. The normalized spacial score (nSPS) is 36.5. The van der Waals surface area contributed by atoms with E-state index >= 15 is 0 Å². The molecule has 0 spiro atoms. The van der Waals surface area contributed by atoms with E-state index in [1.54, 1.807) is 7.11 Å². The summed E-state index contributed by atoms with van der Waals surface area (Å²) in [6, 6.07) is 6.58. The van der Waals surface area contributed by atoms with Crippen molar-refractivity contribution in [2.24, 2.45) is 23.2 Å². The van der Waals surface area contributed by atoms with Crippen LogP contribution in [0.3, 0.4) is 0 Å².